The van der Waals surface area contributed by atoms with Gasteiger partial charge in [0.05, 0.1) is 6.04 Å². The molecule has 0 bridgehead atoms. The monoisotopic (exact) mass is 497 g/mol. The Labute approximate surface area is 220 Å². The van der Waals surface area contributed by atoms with Crippen molar-refractivity contribution in [1.29, 1.82) is 0 Å². The fourth-order valence-corrected chi connectivity index (χ4v) is 4.80. The van der Waals surface area contributed by atoms with Gasteiger partial charge in [-0.15, -0.1) is 0 Å². The number of unbranched alkanes of at least 4 members (excludes halogenated alkanes) is 19. The first-order chi connectivity index (χ1) is 16.9. The largest absolute Gasteiger partial charge is 0.432 e. The van der Waals surface area contributed by atoms with Crippen molar-refractivity contribution in [2.45, 2.75) is 180 Å². The number of ether oxygens (including phenoxy) is 1. The van der Waals surface area contributed by atoms with E-state index in [9.17, 15) is 9.90 Å². The minimum Gasteiger partial charge on any atom is -0.432 e. The van der Waals surface area contributed by atoms with E-state index in [4.69, 9.17) is 4.74 Å². The van der Waals surface area contributed by atoms with Crippen molar-refractivity contribution in [1.82, 2.24) is 4.90 Å². The van der Waals surface area contributed by atoms with Gasteiger partial charge in [0.2, 0.25) is 5.79 Å². The van der Waals surface area contributed by atoms with Crippen LogP contribution >= 0.6 is 0 Å². The number of likely N-dealkylation sites (N-methyl/N-ethyl adjacent to an activating group) is 1. The molecule has 0 aromatic rings. The fourth-order valence-electron chi connectivity index (χ4n) is 4.80. The highest BCUT2D eigenvalue weighted by molar-refractivity contribution is 5.69. The number of hydrogen-bond donors (Lipinski definition) is 1. The zero-order valence-corrected chi connectivity index (χ0v) is 24.6. The Morgan fingerprint density at radius 3 is 1.37 bits per heavy atom. The minimum atomic E-state index is -1.39. The van der Waals surface area contributed by atoms with Crippen LogP contribution in [0.2, 0.25) is 0 Å². The second kappa shape index (κ2) is 23.8. The van der Waals surface area contributed by atoms with E-state index >= 15 is 0 Å². The number of hydrogen-bond acceptors (Lipinski definition) is 4. The molecule has 35 heavy (non-hydrogen) atoms. The summed E-state index contributed by atoms with van der Waals surface area (Å²) in [6, 6.07) is -0.220. The molecule has 2 unspecified atom stereocenters. The van der Waals surface area contributed by atoms with Gasteiger partial charge in [-0.2, -0.15) is 0 Å². The molecule has 4 nitrogen and oxygen atoms in total. The van der Waals surface area contributed by atoms with E-state index in [-0.39, 0.29) is 12.0 Å². The number of carbonyl (C=O) groups excluding carboxylic acids is 1. The van der Waals surface area contributed by atoms with E-state index in [1.54, 1.807) is 0 Å². The van der Waals surface area contributed by atoms with Crippen molar-refractivity contribution in [2.24, 2.45) is 0 Å². The number of esters is 1. The molecule has 0 aliphatic rings. The second-order valence-corrected chi connectivity index (χ2v) is 11.2. The SMILES string of the molecule is CCCCCCCCCCCCCC(=O)OC(O)(CCCCCCCCCCCC)C(C)N(C)C. The summed E-state index contributed by atoms with van der Waals surface area (Å²) < 4.78 is 5.71. The fraction of sp³-hybridized carbons (Fsp3) is 0.968. The Kier molecular flexibility index (Phi) is 23.4. The lowest BCUT2D eigenvalue weighted by Gasteiger charge is -2.37. The van der Waals surface area contributed by atoms with Gasteiger partial charge in [0.1, 0.15) is 0 Å². The molecule has 0 radical (unpaired) electrons. The summed E-state index contributed by atoms with van der Waals surface area (Å²) in [6.07, 6.45) is 27.3. The van der Waals surface area contributed by atoms with Crippen molar-refractivity contribution in [3.8, 4) is 0 Å². The zero-order valence-electron chi connectivity index (χ0n) is 24.6. The molecule has 0 rings (SSSR count). The summed E-state index contributed by atoms with van der Waals surface area (Å²) in [6.45, 7) is 6.47. The van der Waals surface area contributed by atoms with Crippen molar-refractivity contribution in [2.75, 3.05) is 14.1 Å². The molecule has 1 N–H and O–H groups in total. The Morgan fingerprint density at radius 2 is 1.00 bits per heavy atom. The molecule has 0 heterocycles. The van der Waals surface area contributed by atoms with E-state index in [1.165, 1.54) is 109 Å². The minimum absolute atomic E-state index is 0.220. The van der Waals surface area contributed by atoms with E-state index in [1.807, 2.05) is 25.9 Å². The van der Waals surface area contributed by atoms with Crippen LogP contribution in [-0.4, -0.2) is 41.9 Å². The number of rotatable bonds is 26. The molecule has 0 saturated heterocycles. The summed E-state index contributed by atoms with van der Waals surface area (Å²) in [5.74, 6) is -1.64. The topological polar surface area (TPSA) is 49.8 Å². The molecular formula is C31H63NO3. The average molecular weight is 498 g/mol. The predicted octanol–water partition coefficient (Wildman–Crippen LogP) is 9.18. The molecule has 210 valence electrons. The quantitative estimate of drug-likeness (QED) is 0.0735. The number of carbonyl (C=O) groups is 1. The molecule has 2 atom stereocenters. The standard InChI is InChI=1S/C31H63NO3/c1-6-8-10-12-14-16-18-19-21-23-25-27-30(33)35-31(34,29(3)32(4)5)28-26-24-22-20-17-15-13-11-9-7-2/h29,34H,6-28H2,1-5H3. The van der Waals surface area contributed by atoms with Gasteiger partial charge in [0, 0.05) is 12.8 Å². The van der Waals surface area contributed by atoms with Crippen LogP contribution in [0.15, 0.2) is 0 Å². The third-order valence-electron chi connectivity index (χ3n) is 7.59. The molecule has 0 aliphatic heterocycles. The van der Waals surface area contributed by atoms with Crippen LogP contribution in [-0.2, 0) is 9.53 Å². The average Bonchev–Trinajstić information content (AvgIpc) is 2.83. The lowest BCUT2D eigenvalue weighted by Crippen LogP contribution is -2.51. The van der Waals surface area contributed by atoms with Crippen LogP contribution in [0.4, 0.5) is 0 Å². The van der Waals surface area contributed by atoms with Gasteiger partial charge in [-0.25, -0.2) is 0 Å². The van der Waals surface area contributed by atoms with E-state index < -0.39 is 5.79 Å². The first kappa shape index (κ1) is 34.4. The van der Waals surface area contributed by atoms with E-state index in [0.29, 0.717) is 12.8 Å². The first-order valence-corrected chi connectivity index (χ1v) is 15.5. The lowest BCUT2D eigenvalue weighted by molar-refractivity contribution is -0.233. The zero-order chi connectivity index (χ0) is 26.2. The summed E-state index contributed by atoms with van der Waals surface area (Å²) in [5, 5.41) is 11.2. The third-order valence-corrected chi connectivity index (χ3v) is 7.59. The molecule has 0 fully saturated rings. The second-order valence-electron chi connectivity index (χ2n) is 11.2. The molecule has 0 aromatic heterocycles. The van der Waals surface area contributed by atoms with Crippen LogP contribution in [0, 0.1) is 0 Å². The maximum absolute atomic E-state index is 12.5. The van der Waals surface area contributed by atoms with Crippen LogP contribution in [0.3, 0.4) is 0 Å². The Hall–Kier alpha value is -0.610. The molecular weight excluding hydrogens is 434 g/mol. The molecule has 0 spiro atoms. The van der Waals surface area contributed by atoms with E-state index in [0.717, 1.165) is 25.7 Å². The van der Waals surface area contributed by atoms with E-state index in [2.05, 4.69) is 13.8 Å². The highest BCUT2D eigenvalue weighted by Gasteiger charge is 2.38. The molecule has 0 aromatic carbocycles. The van der Waals surface area contributed by atoms with Gasteiger partial charge < -0.3 is 14.7 Å². The Balaban J connectivity index is 4.04. The smallest absolute Gasteiger partial charge is 0.308 e. The maximum atomic E-state index is 12.5. The Bertz CT molecular complexity index is 468. The van der Waals surface area contributed by atoms with Gasteiger partial charge in [-0.1, -0.05) is 136 Å². The summed E-state index contributed by atoms with van der Waals surface area (Å²) >= 11 is 0. The van der Waals surface area contributed by atoms with Crippen molar-refractivity contribution >= 4 is 5.97 Å². The van der Waals surface area contributed by atoms with Crippen molar-refractivity contribution < 1.29 is 14.6 Å². The Morgan fingerprint density at radius 1 is 0.657 bits per heavy atom. The third kappa shape index (κ3) is 20.2. The molecule has 0 aliphatic carbocycles. The predicted molar refractivity (Wildman–Crippen MR) is 152 cm³/mol. The highest BCUT2D eigenvalue weighted by atomic mass is 16.7. The van der Waals surface area contributed by atoms with Gasteiger partial charge in [0.15, 0.2) is 0 Å². The maximum Gasteiger partial charge on any atom is 0.308 e. The van der Waals surface area contributed by atoms with Crippen LogP contribution in [0.1, 0.15) is 168 Å². The van der Waals surface area contributed by atoms with Crippen LogP contribution in [0.5, 0.6) is 0 Å². The van der Waals surface area contributed by atoms with Gasteiger partial charge in [-0.05, 0) is 33.9 Å². The summed E-state index contributed by atoms with van der Waals surface area (Å²) in [4.78, 5) is 14.5. The summed E-state index contributed by atoms with van der Waals surface area (Å²) in [7, 11) is 3.87. The normalized spacial score (nSPS) is 14.3. The van der Waals surface area contributed by atoms with Gasteiger partial charge >= 0.3 is 5.97 Å². The first-order valence-electron chi connectivity index (χ1n) is 15.5. The van der Waals surface area contributed by atoms with Crippen molar-refractivity contribution in [3.63, 3.8) is 0 Å². The number of aliphatic hydroxyl groups is 1. The molecule has 0 amide bonds. The number of nitrogens with zero attached hydrogens (tertiary/aromatic N) is 1. The summed E-state index contributed by atoms with van der Waals surface area (Å²) in [5.41, 5.74) is 0. The van der Waals surface area contributed by atoms with Crippen LogP contribution < -0.4 is 0 Å². The van der Waals surface area contributed by atoms with Crippen LogP contribution in [0.25, 0.3) is 0 Å². The van der Waals surface area contributed by atoms with Crippen molar-refractivity contribution in [3.05, 3.63) is 0 Å². The lowest BCUT2D eigenvalue weighted by atomic mass is 9.98. The molecule has 4 heteroatoms. The molecule has 0 saturated carbocycles. The van der Waals surface area contributed by atoms with Gasteiger partial charge in [-0.3, -0.25) is 4.79 Å². The van der Waals surface area contributed by atoms with Gasteiger partial charge in [0.25, 0.3) is 0 Å². The highest BCUT2D eigenvalue weighted by Crippen LogP contribution is 2.25.